The van der Waals surface area contributed by atoms with Gasteiger partial charge < -0.3 is 30.3 Å². The summed E-state index contributed by atoms with van der Waals surface area (Å²) in [7, 11) is 3.04. The summed E-state index contributed by atoms with van der Waals surface area (Å²) in [5, 5.41) is 34.3. The Balaban J connectivity index is 0.000000676. The Hall–Kier alpha value is -5.09. The Bertz CT molecular complexity index is 1520. The van der Waals surface area contributed by atoms with Crippen LogP contribution in [0.2, 0.25) is 0 Å². The number of aromatic hydroxyl groups is 1. The molecule has 2 amide bonds. The molecule has 1 aromatic carbocycles. The number of aromatic nitrogens is 4. The molecule has 2 unspecified atom stereocenters. The van der Waals surface area contributed by atoms with E-state index >= 15 is 0 Å². The molecular formula is C27H31F3N6O8. The van der Waals surface area contributed by atoms with Crippen LogP contribution in [-0.2, 0) is 16.6 Å². The van der Waals surface area contributed by atoms with Crippen LogP contribution in [0.4, 0.5) is 23.8 Å². The number of benzene rings is 1. The summed E-state index contributed by atoms with van der Waals surface area (Å²) in [5.41, 5.74) is 1.78. The number of phenols is 1. The van der Waals surface area contributed by atoms with Crippen LogP contribution >= 0.6 is 0 Å². The zero-order chi connectivity index (χ0) is 32.8. The lowest BCUT2D eigenvalue weighted by molar-refractivity contribution is -0.192. The number of methoxy groups -OCH3 is 1. The van der Waals surface area contributed by atoms with E-state index < -0.39 is 24.1 Å². The fourth-order valence-corrected chi connectivity index (χ4v) is 4.42. The molecule has 17 heteroatoms. The Morgan fingerprint density at radius 3 is 2.45 bits per heavy atom. The van der Waals surface area contributed by atoms with E-state index in [4.69, 9.17) is 19.4 Å². The van der Waals surface area contributed by atoms with Crippen LogP contribution in [0.3, 0.4) is 0 Å². The lowest BCUT2D eigenvalue weighted by atomic mass is 10.0. The van der Waals surface area contributed by atoms with Crippen molar-refractivity contribution in [2.24, 2.45) is 7.05 Å². The number of halogens is 3. The Labute approximate surface area is 248 Å². The van der Waals surface area contributed by atoms with Crippen molar-refractivity contribution in [1.82, 2.24) is 25.3 Å². The van der Waals surface area contributed by atoms with Crippen molar-refractivity contribution >= 4 is 30.1 Å². The predicted octanol–water partition coefficient (Wildman–Crippen LogP) is 3.99. The van der Waals surface area contributed by atoms with Gasteiger partial charge in [0, 0.05) is 42.4 Å². The van der Waals surface area contributed by atoms with E-state index in [1.807, 2.05) is 13.8 Å². The first-order valence-corrected chi connectivity index (χ1v) is 13.2. The molecule has 3 aromatic rings. The van der Waals surface area contributed by atoms with Crippen LogP contribution < -0.4 is 15.4 Å². The predicted molar refractivity (Wildman–Crippen MR) is 148 cm³/mol. The van der Waals surface area contributed by atoms with Crippen LogP contribution in [0.25, 0.3) is 11.3 Å². The van der Waals surface area contributed by atoms with E-state index in [2.05, 4.69) is 25.9 Å². The molecule has 14 nitrogen and oxygen atoms in total. The zero-order valence-electron chi connectivity index (χ0n) is 24.1. The maximum atomic E-state index is 13.0. The van der Waals surface area contributed by atoms with Crippen molar-refractivity contribution in [3.05, 3.63) is 41.2 Å². The molecule has 2 heterocycles. The number of amides is 2. The quantitative estimate of drug-likeness (QED) is 0.228. The summed E-state index contributed by atoms with van der Waals surface area (Å²) < 4.78 is 43.8. The highest BCUT2D eigenvalue weighted by atomic mass is 19.4. The number of carbonyl (C=O) groups is 4. The third-order valence-corrected chi connectivity index (χ3v) is 6.46. The van der Waals surface area contributed by atoms with Gasteiger partial charge in [-0.15, -0.1) is 0 Å². The molecule has 238 valence electrons. The molecule has 0 saturated heterocycles. The van der Waals surface area contributed by atoms with Crippen molar-refractivity contribution in [2.45, 2.75) is 57.3 Å². The third-order valence-electron chi connectivity index (χ3n) is 6.46. The molecule has 1 saturated carbocycles. The molecule has 1 aliphatic carbocycles. The molecule has 0 aliphatic heterocycles. The normalized spacial score (nSPS) is 16.1. The number of phenolic OH excluding ortho intramolecular Hbond substituents is 1. The fraction of sp³-hybridized carbons (Fsp3) is 0.407. The van der Waals surface area contributed by atoms with E-state index in [1.165, 1.54) is 23.9 Å². The molecular weight excluding hydrogens is 593 g/mol. The zero-order valence-corrected chi connectivity index (χ0v) is 24.1. The summed E-state index contributed by atoms with van der Waals surface area (Å²) in [6.45, 7) is 3.75. The molecule has 44 heavy (non-hydrogen) atoms. The Morgan fingerprint density at radius 2 is 1.86 bits per heavy atom. The molecule has 0 spiro atoms. The number of carbonyl (C=O) groups excluding carboxylic acids is 3. The maximum absolute atomic E-state index is 13.0. The number of H-pyrrole nitrogens is 1. The van der Waals surface area contributed by atoms with Gasteiger partial charge in [-0.3, -0.25) is 19.4 Å². The second kappa shape index (κ2) is 13.9. The summed E-state index contributed by atoms with van der Waals surface area (Å²) in [6.07, 6.45) is -2.91. The Kier molecular flexibility index (Phi) is 10.6. The largest absolute Gasteiger partial charge is 0.507 e. The van der Waals surface area contributed by atoms with Gasteiger partial charge in [-0.05, 0) is 45.2 Å². The van der Waals surface area contributed by atoms with E-state index in [9.17, 15) is 32.7 Å². The second-order valence-electron chi connectivity index (χ2n) is 10.1. The number of nitrogens with zero attached hydrogens (tertiary/aromatic N) is 3. The highest BCUT2D eigenvalue weighted by Crippen LogP contribution is 2.36. The molecule has 0 bridgehead atoms. The number of hydrogen-bond donors (Lipinski definition) is 5. The van der Waals surface area contributed by atoms with Gasteiger partial charge in [0.05, 0.1) is 18.4 Å². The molecule has 1 aliphatic rings. The third kappa shape index (κ3) is 8.48. The van der Waals surface area contributed by atoms with Crippen molar-refractivity contribution in [3.8, 4) is 22.8 Å². The summed E-state index contributed by atoms with van der Waals surface area (Å²) >= 11 is 0. The van der Waals surface area contributed by atoms with Crippen molar-refractivity contribution < 1.29 is 52.0 Å². The molecule has 0 radical (unpaired) electrons. The first-order valence-electron chi connectivity index (χ1n) is 13.2. The molecule has 1 fully saturated rings. The van der Waals surface area contributed by atoms with Gasteiger partial charge in [-0.1, -0.05) is 0 Å². The SMILES string of the molecule is COc1cc(O)c(C=O)c(-c2cc(C(=O)Nc3cc(C4CCC(OC(=O)NC(C)C)C4)[nH]n3)n(C)n2)c1.O=C(O)C(F)(F)F. The van der Waals surface area contributed by atoms with E-state index in [1.54, 1.807) is 19.2 Å². The number of rotatable bonds is 8. The Morgan fingerprint density at radius 1 is 1.18 bits per heavy atom. The molecule has 5 N–H and O–H groups in total. The number of aromatic amines is 1. The summed E-state index contributed by atoms with van der Waals surface area (Å²) in [6, 6.07) is 6.19. The van der Waals surface area contributed by atoms with Gasteiger partial charge in [-0.25, -0.2) is 9.59 Å². The number of aliphatic carboxylic acids is 1. The van der Waals surface area contributed by atoms with Gasteiger partial charge in [0.15, 0.2) is 12.1 Å². The number of alkyl halides is 3. The maximum Gasteiger partial charge on any atom is 0.490 e. The van der Waals surface area contributed by atoms with Crippen LogP contribution in [-0.4, -0.2) is 79.9 Å². The minimum Gasteiger partial charge on any atom is -0.507 e. The number of nitrogens with one attached hydrogen (secondary N) is 3. The van der Waals surface area contributed by atoms with Gasteiger partial charge in [0.1, 0.15) is 23.3 Å². The average molecular weight is 625 g/mol. The first kappa shape index (κ1) is 33.4. The number of carboxylic acid groups (broad SMARTS) is 1. The lowest BCUT2D eigenvalue weighted by Crippen LogP contribution is -2.33. The van der Waals surface area contributed by atoms with Crippen LogP contribution in [0.15, 0.2) is 24.3 Å². The molecule has 4 rings (SSSR count). The monoisotopic (exact) mass is 624 g/mol. The average Bonchev–Trinajstić information content (AvgIpc) is 3.67. The minimum atomic E-state index is -5.08. The minimum absolute atomic E-state index is 0.00808. The van der Waals surface area contributed by atoms with E-state index in [0.717, 1.165) is 18.5 Å². The number of carboxylic acids is 1. The van der Waals surface area contributed by atoms with Gasteiger partial charge >= 0.3 is 18.2 Å². The molecule has 2 aromatic heterocycles. The van der Waals surface area contributed by atoms with Gasteiger partial charge in [0.25, 0.3) is 5.91 Å². The lowest BCUT2D eigenvalue weighted by Gasteiger charge is -2.14. The summed E-state index contributed by atoms with van der Waals surface area (Å²) in [5.74, 6) is -2.63. The number of aldehydes is 1. The standard InChI is InChI=1S/C25H30N6O6.C2HF3O2/c1-13(2)26-25(35)37-15-6-5-14(7-15)19-11-23(29-28-19)27-24(34)21-10-20(30-31(21)3)17-8-16(36-4)9-22(33)18(17)12-32;3-2(4,5)1(6)7/h8-15,33H,5-7H2,1-4H3,(H,26,35)(H2,27,28,29,34);(H,6,7). The van der Waals surface area contributed by atoms with E-state index in [0.29, 0.717) is 35.5 Å². The van der Waals surface area contributed by atoms with Crippen LogP contribution in [0, 0.1) is 0 Å². The first-order chi connectivity index (χ1) is 20.6. The molecule has 2 atom stereocenters. The van der Waals surface area contributed by atoms with Gasteiger partial charge in [-0.2, -0.15) is 23.4 Å². The second-order valence-corrected chi connectivity index (χ2v) is 10.1. The van der Waals surface area contributed by atoms with E-state index in [-0.39, 0.29) is 35.1 Å². The smallest absolute Gasteiger partial charge is 0.490 e. The highest BCUT2D eigenvalue weighted by molar-refractivity contribution is 6.03. The topological polar surface area (TPSA) is 198 Å². The highest BCUT2D eigenvalue weighted by Gasteiger charge is 2.38. The summed E-state index contributed by atoms with van der Waals surface area (Å²) in [4.78, 5) is 45.3. The fourth-order valence-electron chi connectivity index (χ4n) is 4.42. The number of anilines is 1. The number of aryl methyl sites for hydroxylation is 1. The number of hydrogen-bond acceptors (Lipinski definition) is 9. The number of ether oxygens (including phenoxy) is 2. The van der Waals surface area contributed by atoms with Crippen LogP contribution in [0.5, 0.6) is 11.5 Å². The number of alkyl carbamates (subject to hydrolysis) is 1. The van der Waals surface area contributed by atoms with Crippen molar-refractivity contribution in [1.29, 1.82) is 0 Å². The van der Waals surface area contributed by atoms with Gasteiger partial charge in [0.2, 0.25) is 0 Å². The van der Waals surface area contributed by atoms with Crippen LogP contribution in [0.1, 0.15) is 65.6 Å². The van der Waals surface area contributed by atoms with Crippen molar-refractivity contribution in [3.63, 3.8) is 0 Å². The van der Waals surface area contributed by atoms with Crippen molar-refractivity contribution in [2.75, 3.05) is 12.4 Å².